The molecule has 2 aromatic rings. The van der Waals surface area contributed by atoms with Crippen LogP contribution < -0.4 is 22.1 Å². The molecule has 2 aromatic carbocycles. The van der Waals surface area contributed by atoms with E-state index in [1.54, 1.807) is 48.5 Å². The highest BCUT2D eigenvalue weighted by Gasteiger charge is 2.29. The summed E-state index contributed by atoms with van der Waals surface area (Å²) >= 11 is 0. The van der Waals surface area contributed by atoms with E-state index in [1.165, 1.54) is 64.2 Å². The van der Waals surface area contributed by atoms with Gasteiger partial charge in [-0.1, -0.05) is 65.2 Å². The Hall–Kier alpha value is -4.24. The number of nitrogen functional groups attached to an aromatic ring is 2. The first-order valence-electron chi connectivity index (χ1n) is 18.1. The van der Waals surface area contributed by atoms with Crippen molar-refractivity contribution in [1.29, 1.82) is 0 Å². The number of hydrogen-bond donors (Lipinski definition) is 8. The van der Waals surface area contributed by atoms with Crippen molar-refractivity contribution in [3.05, 3.63) is 59.7 Å². The van der Waals surface area contributed by atoms with E-state index in [1.807, 2.05) is 0 Å². The predicted molar refractivity (Wildman–Crippen MR) is 202 cm³/mol. The van der Waals surface area contributed by atoms with Gasteiger partial charge in [0.25, 0.3) is 0 Å². The van der Waals surface area contributed by atoms with E-state index < -0.39 is 24.1 Å². The largest absolute Gasteiger partial charge is 0.479 e. The third kappa shape index (κ3) is 24.0. The lowest BCUT2D eigenvalue weighted by atomic mass is 10.1. The zero-order chi connectivity index (χ0) is 39.3. The van der Waals surface area contributed by atoms with Crippen LogP contribution in [-0.4, -0.2) is 94.9 Å². The van der Waals surface area contributed by atoms with Gasteiger partial charge in [0.2, 0.25) is 0 Å². The van der Waals surface area contributed by atoms with Gasteiger partial charge in [0.1, 0.15) is 13.2 Å². The topological polar surface area (TPSA) is 244 Å². The molecule has 2 unspecified atom stereocenters. The minimum atomic E-state index is -2.27. The van der Waals surface area contributed by atoms with E-state index in [9.17, 15) is 19.2 Å². The molecular weight excluding hydrogens is 672 g/mol. The maximum atomic E-state index is 11.8. The number of nitrogens with one attached hydrogen (secondary N) is 2. The van der Waals surface area contributed by atoms with E-state index in [0.29, 0.717) is 60.9 Å². The molecule has 0 aliphatic rings. The summed E-state index contributed by atoms with van der Waals surface area (Å²) in [7, 11) is 0. The third-order valence-corrected chi connectivity index (χ3v) is 7.74. The first kappa shape index (κ1) is 47.8. The molecule has 2 rings (SSSR count). The Morgan fingerprint density at radius 3 is 1.21 bits per heavy atom. The lowest BCUT2D eigenvalue weighted by Gasteiger charge is -2.13. The van der Waals surface area contributed by atoms with Gasteiger partial charge in [-0.3, -0.25) is 0 Å². The molecule has 14 heteroatoms. The molecule has 0 amide bonds. The van der Waals surface area contributed by atoms with Crippen LogP contribution in [0.2, 0.25) is 0 Å². The number of aliphatic hydroxyl groups is 2. The highest BCUT2D eigenvalue weighted by Crippen LogP contribution is 2.09. The van der Waals surface area contributed by atoms with E-state index in [4.69, 9.17) is 41.4 Å². The molecule has 52 heavy (non-hydrogen) atoms. The molecule has 0 bridgehead atoms. The van der Waals surface area contributed by atoms with Crippen LogP contribution in [0, 0.1) is 0 Å². The average Bonchev–Trinajstić information content (AvgIpc) is 3.12. The number of rotatable bonds is 23. The molecule has 0 aliphatic heterocycles. The molecule has 0 fully saturated rings. The number of anilines is 2. The van der Waals surface area contributed by atoms with Crippen molar-refractivity contribution in [3.63, 3.8) is 0 Å². The van der Waals surface area contributed by atoms with Crippen LogP contribution >= 0.6 is 0 Å². The number of aliphatic carboxylic acids is 2. The number of carbonyl (C=O) groups is 4. The number of esters is 2. The van der Waals surface area contributed by atoms with Gasteiger partial charge in [0.15, 0.2) is 12.2 Å². The fraction of sp³-hybridized carbons (Fsp3) is 0.579. The number of hydrogen-bond acceptors (Lipinski definition) is 12. The quantitative estimate of drug-likeness (QED) is 0.0441. The smallest absolute Gasteiger partial charge is 0.338 e. The summed E-state index contributed by atoms with van der Waals surface area (Å²) in [5.41, 5.74) is 13.5. The average molecular weight is 735 g/mol. The number of benzene rings is 2. The van der Waals surface area contributed by atoms with Crippen molar-refractivity contribution in [1.82, 2.24) is 10.6 Å². The number of unbranched alkanes of at least 4 members (excludes halogenated alkanes) is 6. The van der Waals surface area contributed by atoms with Gasteiger partial charge < -0.3 is 52.0 Å². The van der Waals surface area contributed by atoms with Gasteiger partial charge in [-0.15, -0.1) is 0 Å². The van der Waals surface area contributed by atoms with Crippen molar-refractivity contribution in [2.24, 2.45) is 0 Å². The molecule has 0 aromatic heterocycles. The number of carbonyl (C=O) groups excluding carboxylic acids is 2. The second-order valence-electron chi connectivity index (χ2n) is 12.5. The normalized spacial score (nSPS) is 12.8. The van der Waals surface area contributed by atoms with E-state index >= 15 is 0 Å². The summed E-state index contributed by atoms with van der Waals surface area (Å²) in [5, 5.41) is 39.3. The van der Waals surface area contributed by atoms with Crippen LogP contribution in [-0.2, 0) is 19.1 Å². The molecular formula is C38H62N4O10. The molecule has 10 N–H and O–H groups in total. The van der Waals surface area contributed by atoms with Crippen molar-refractivity contribution < 1.29 is 49.1 Å². The minimum absolute atomic E-state index is 0.299. The van der Waals surface area contributed by atoms with Crippen LogP contribution in [0.5, 0.6) is 0 Å². The first-order valence-corrected chi connectivity index (χ1v) is 18.1. The fourth-order valence-electron chi connectivity index (χ4n) is 4.53. The van der Waals surface area contributed by atoms with Gasteiger partial charge in [-0.25, -0.2) is 19.2 Å². The third-order valence-electron chi connectivity index (χ3n) is 7.74. The van der Waals surface area contributed by atoms with E-state index in [0.717, 1.165) is 0 Å². The second kappa shape index (κ2) is 29.3. The fourth-order valence-corrected chi connectivity index (χ4v) is 4.53. The molecule has 0 heterocycles. The van der Waals surface area contributed by atoms with Gasteiger partial charge in [-0.05, 0) is 75.2 Å². The Balaban J connectivity index is 0.000000800. The van der Waals surface area contributed by atoms with Crippen molar-refractivity contribution in [2.45, 2.75) is 116 Å². The summed E-state index contributed by atoms with van der Waals surface area (Å²) < 4.78 is 10.4. The van der Waals surface area contributed by atoms with E-state index in [2.05, 4.69) is 38.3 Å². The van der Waals surface area contributed by atoms with Crippen molar-refractivity contribution in [3.8, 4) is 0 Å². The molecule has 0 radical (unpaired) electrons. The Labute approximate surface area is 308 Å². The summed E-state index contributed by atoms with van der Waals surface area (Å²) in [5.74, 6) is -4.13. The van der Waals surface area contributed by atoms with E-state index in [-0.39, 0.29) is 11.9 Å². The Bertz CT molecular complexity index is 1160. The van der Waals surface area contributed by atoms with Crippen LogP contribution in [0.15, 0.2) is 48.5 Å². The number of carboxylic acids is 2. The maximum Gasteiger partial charge on any atom is 0.338 e. The molecule has 0 aliphatic carbocycles. The molecule has 4 atom stereocenters. The number of ether oxygens (including phenoxy) is 2. The number of nitrogens with two attached hydrogens (primary N) is 2. The van der Waals surface area contributed by atoms with Crippen LogP contribution in [0.25, 0.3) is 0 Å². The standard InChI is InChI=1S/2C17H28N2O2.C4H6O6/c2*1-3-4-5-6-7-14(2)19-12-13-21-17(20)15-8-10-16(18)11-9-15;5-1(3(7)8)2(6)4(9)10/h2*8-11,14,19H,3-7,12-13,18H2,1-2H3;1-2,5-6H,(H,7,8)(H,9,10)/t;;1-,2-/m..1/s1. The summed E-state index contributed by atoms with van der Waals surface area (Å²) in [6, 6.07) is 14.5. The highest BCUT2D eigenvalue weighted by molar-refractivity contribution is 5.90. The van der Waals surface area contributed by atoms with Crippen molar-refractivity contribution in [2.75, 3.05) is 37.8 Å². The lowest BCUT2D eigenvalue weighted by molar-refractivity contribution is -0.165. The molecule has 0 saturated carbocycles. The van der Waals surface area contributed by atoms with Gasteiger partial charge in [0.05, 0.1) is 11.1 Å². The predicted octanol–water partition coefficient (Wildman–Crippen LogP) is 4.63. The Morgan fingerprint density at radius 2 is 0.923 bits per heavy atom. The number of aliphatic hydroxyl groups excluding tert-OH is 2. The monoisotopic (exact) mass is 734 g/mol. The zero-order valence-electron chi connectivity index (χ0n) is 31.2. The van der Waals surface area contributed by atoms with Crippen LogP contribution in [0.4, 0.5) is 11.4 Å². The summed E-state index contributed by atoms with van der Waals surface area (Å²) in [6.45, 7) is 11.0. The Kier molecular flexibility index (Phi) is 27.0. The first-order chi connectivity index (χ1) is 24.7. The molecule has 14 nitrogen and oxygen atoms in total. The van der Waals surface area contributed by atoms with Gasteiger partial charge in [0, 0.05) is 36.5 Å². The summed E-state index contributed by atoms with van der Waals surface area (Å²) in [4.78, 5) is 43.1. The van der Waals surface area contributed by atoms with Gasteiger partial charge in [-0.2, -0.15) is 0 Å². The summed E-state index contributed by atoms with van der Waals surface area (Å²) in [6.07, 6.45) is 8.08. The van der Waals surface area contributed by atoms with Gasteiger partial charge >= 0.3 is 23.9 Å². The highest BCUT2D eigenvalue weighted by atomic mass is 16.5. The Morgan fingerprint density at radius 1 is 0.596 bits per heavy atom. The molecule has 0 spiro atoms. The minimum Gasteiger partial charge on any atom is -0.479 e. The zero-order valence-corrected chi connectivity index (χ0v) is 31.2. The molecule has 0 saturated heterocycles. The van der Waals surface area contributed by atoms with Crippen LogP contribution in [0.3, 0.4) is 0 Å². The SMILES string of the molecule is CCCCCCC(C)NCCOC(=O)c1ccc(N)cc1.CCCCCCC(C)NCCOC(=O)c1ccc(N)cc1.O=C(O)[C@H](O)[C@@H](O)C(=O)O. The lowest BCUT2D eigenvalue weighted by Crippen LogP contribution is -2.39. The van der Waals surface area contributed by atoms with Crippen molar-refractivity contribution >= 4 is 35.3 Å². The second-order valence-corrected chi connectivity index (χ2v) is 12.5. The number of carboxylic acid groups (broad SMARTS) is 2. The molecule has 294 valence electrons. The maximum absolute atomic E-state index is 11.8. The van der Waals surface area contributed by atoms with Crippen LogP contribution in [0.1, 0.15) is 113 Å².